The second-order valence-corrected chi connectivity index (χ2v) is 8.86. The average molecular weight is 455 g/mol. The van der Waals surface area contributed by atoms with Gasteiger partial charge in [-0.15, -0.1) is 0 Å². The van der Waals surface area contributed by atoms with Crippen molar-refractivity contribution in [3.05, 3.63) is 78.0 Å². The molecule has 3 heterocycles. The molecule has 1 aliphatic heterocycles. The van der Waals surface area contributed by atoms with E-state index in [-0.39, 0.29) is 5.91 Å². The van der Waals surface area contributed by atoms with Gasteiger partial charge in [-0.05, 0) is 49.7 Å². The Morgan fingerprint density at radius 1 is 0.971 bits per heavy atom. The van der Waals surface area contributed by atoms with Gasteiger partial charge < -0.3 is 19.1 Å². The van der Waals surface area contributed by atoms with Gasteiger partial charge in [-0.3, -0.25) is 4.79 Å². The van der Waals surface area contributed by atoms with Gasteiger partial charge >= 0.3 is 0 Å². The summed E-state index contributed by atoms with van der Waals surface area (Å²) in [7, 11) is 3.70. The van der Waals surface area contributed by atoms with Crippen LogP contribution < -0.4 is 9.64 Å². The molecule has 1 aliphatic rings. The number of amides is 1. The quantitative estimate of drug-likeness (QED) is 0.440. The monoisotopic (exact) mass is 454 g/mol. The zero-order chi connectivity index (χ0) is 23.7. The number of nitrogens with zero attached hydrogens (tertiary/aromatic N) is 4. The summed E-state index contributed by atoms with van der Waals surface area (Å²) in [6.45, 7) is 5.11. The number of methoxy groups -OCH3 is 1. The SMILES string of the molecule is COc1cccc(-c2c(C(=O)N3CCCN(c4ccccn4)CC3)c3cc(C)ccc3n2C)c1. The number of aryl methyl sites for hydroxylation is 2. The van der Waals surface area contributed by atoms with Crippen LogP contribution >= 0.6 is 0 Å². The van der Waals surface area contributed by atoms with Crippen molar-refractivity contribution in [3.8, 4) is 17.0 Å². The number of benzene rings is 2. The van der Waals surface area contributed by atoms with Crippen molar-refractivity contribution in [3.63, 3.8) is 0 Å². The molecule has 0 aliphatic carbocycles. The second-order valence-electron chi connectivity index (χ2n) is 8.86. The molecule has 0 radical (unpaired) electrons. The Morgan fingerprint density at radius 3 is 2.65 bits per heavy atom. The summed E-state index contributed by atoms with van der Waals surface area (Å²) in [5.74, 6) is 1.82. The van der Waals surface area contributed by atoms with Crippen LogP contribution in [0.1, 0.15) is 22.3 Å². The maximum absolute atomic E-state index is 14.1. The predicted molar refractivity (Wildman–Crippen MR) is 137 cm³/mol. The van der Waals surface area contributed by atoms with E-state index in [9.17, 15) is 4.79 Å². The van der Waals surface area contributed by atoms with E-state index in [4.69, 9.17) is 4.74 Å². The number of hydrogen-bond acceptors (Lipinski definition) is 4. The van der Waals surface area contributed by atoms with Gasteiger partial charge in [0, 0.05) is 55.9 Å². The fourth-order valence-electron chi connectivity index (χ4n) is 4.93. The van der Waals surface area contributed by atoms with Gasteiger partial charge in [-0.1, -0.05) is 29.8 Å². The van der Waals surface area contributed by atoms with Gasteiger partial charge in [0.05, 0.1) is 18.4 Å². The summed E-state index contributed by atoms with van der Waals surface area (Å²) < 4.78 is 7.61. The molecule has 5 rings (SSSR count). The van der Waals surface area contributed by atoms with Crippen molar-refractivity contribution in [1.29, 1.82) is 0 Å². The van der Waals surface area contributed by atoms with Crippen LogP contribution in [0.25, 0.3) is 22.2 Å². The molecule has 174 valence electrons. The van der Waals surface area contributed by atoms with Gasteiger partial charge in [0.1, 0.15) is 11.6 Å². The molecule has 2 aromatic carbocycles. The van der Waals surface area contributed by atoms with Gasteiger partial charge in [0.25, 0.3) is 5.91 Å². The Bertz CT molecular complexity index is 1330. The van der Waals surface area contributed by atoms with Crippen molar-refractivity contribution in [2.45, 2.75) is 13.3 Å². The lowest BCUT2D eigenvalue weighted by atomic mass is 10.0. The third-order valence-electron chi connectivity index (χ3n) is 6.67. The Kier molecular flexibility index (Phi) is 5.97. The summed E-state index contributed by atoms with van der Waals surface area (Å²) in [4.78, 5) is 22.9. The van der Waals surface area contributed by atoms with E-state index >= 15 is 0 Å². The minimum Gasteiger partial charge on any atom is -0.497 e. The third-order valence-corrected chi connectivity index (χ3v) is 6.67. The summed E-state index contributed by atoms with van der Waals surface area (Å²) in [6.07, 6.45) is 2.72. The number of hydrogen-bond donors (Lipinski definition) is 0. The maximum atomic E-state index is 14.1. The minimum absolute atomic E-state index is 0.0805. The van der Waals surface area contributed by atoms with Crippen LogP contribution in [0.5, 0.6) is 5.75 Å². The molecule has 1 fully saturated rings. The van der Waals surface area contributed by atoms with Crippen molar-refractivity contribution in [2.75, 3.05) is 38.2 Å². The molecule has 2 aromatic heterocycles. The molecule has 1 saturated heterocycles. The molecule has 6 nitrogen and oxygen atoms in total. The van der Waals surface area contributed by atoms with E-state index in [1.54, 1.807) is 7.11 Å². The molecule has 1 amide bonds. The van der Waals surface area contributed by atoms with E-state index in [1.807, 2.05) is 60.6 Å². The third kappa shape index (κ3) is 4.00. The highest BCUT2D eigenvalue weighted by molar-refractivity contribution is 6.13. The average Bonchev–Trinajstić information content (AvgIpc) is 3.01. The van der Waals surface area contributed by atoms with E-state index < -0.39 is 0 Å². The van der Waals surface area contributed by atoms with Gasteiger partial charge in [0.15, 0.2) is 0 Å². The lowest BCUT2D eigenvalue weighted by Gasteiger charge is -2.23. The molecule has 4 aromatic rings. The fourth-order valence-corrected chi connectivity index (χ4v) is 4.93. The number of rotatable bonds is 4. The number of carbonyl (C=O) groups is 1. The summed E-state index contributed by atoms with van der Waals surface area (Å²) in [5.41, 5.74) is 4.86. The predicted octanol–water partition coefficient (Wildman–Crippen LogP) is 4.91. The number of carbonyl (C=O) groups excluding carboxylic acids is 1. The van der Waals surface area contributed by atoms with Crippen LogP contribution in [0, 0.1) is 6.92 Å². The molecular weight excluding hydrogens is 424 g/mol. The maximum Gasteiger partial charge on any atom is 0.256 e. The van der Waals surface area contributed by atoms with Crippen molar-refractivity contribution in [1.82, 2.24) is 14.5 Å². The first-order chi connectivity index (χ1) is 16.6. The smallest absolute Gasteiger partial charge is 0.256 e. The standard InChI is InChI=1S/C28H30N4O2/c1-20-11-12-24-23(18-20)26(27(30(24)2)21-8-6-9-22(19-21)34-3)28(33)32-15-7-14-31(16-17-32)25-10-4-5-13-29-25/h4-6,8-13,18-19H,7,14-17H2,1-3H3. The van der Waals surface area contributed by atoms with Crippen molar-refractivity contribution < 1.29 is 9.53 Å². The van der Waals surface area contributed by atoms with Crippen LogP contribution in [0.2, 0.25) is 0 Å². The minimum atomic E-state index is 0.0805. The zero-order valence-corrected chi connectivity index (χ0v) is 20.0. The van der Waals surface area contributed by atoms with Crippen LogP contribution in [-0.4, -0.2) is 53.6 Å². The Balaban J connectivity index is 1.56. The first kappa shape index (κ1) is 22.0. The van der Waals surface area contributed by atoms with Crippen molar-refractivity contribution in [2.24, 2.45) is 7.05 Å². The highest BCUT2D eigenvalue weighted by Gasteiger charge is 2.28. The summed E-state index contributed by atoms with van der Waals surface area (Å²) in [5, 5.41) is 0.996. The first-order valence-electron chi connectivity index (χ1n) is 11.8. The zero-order valence-electron chi connectivity index (χ0n) is 20.0. The van der Waals surface area contributed by atoms with Crippen LogP contribution in [0.4, 0.5) is 5.82 Å². The number of pyridine rings is 1. The topological polar surface area (TPSA) is 50.6 Å². The molecule has 0 unspecified atom stereocenters. The molecule has 0 saturated carbocycles. The Morgan fingerprint density at radius 2 is 1.85 bits per heavy atom. The van der Waals surface area contributed by atoms with Crippen molar-refractivity contribution >= 4 is 22.6 Å². The molecule has 0 spiro atoms. The molecule has 34 heavy (non-hydrogen) atoms. The molecule has 0 N–H and O–H groups in total. The number of anilines is 1. The number of aromatic nitrogens is 2. The Hall–Kier alpha value is -3.80. The van der Waals surface area contributed by atoms with Gasteiger partial charge in [0.2, 0.25) is 0 Å². The summed E-state index contributed by atoms with van der Waals surface area (Å²) in [6, 6.07) is 20.3. The van der Waals surface area contributed by atoms with Crippen LogP contribution in [0.3, 0.4) is 0 Å². The number of fused-ring (bicyclic) bond motifs is 1. The number of ether oxygens (including phenoxy) is 1. The molecule has 0 atom stereocenters. The van der Waals surface area contributed by atoms with E-state index in [1.165, 1.54) is 0 Å². The van der Waals surface area contributed by atoms with Crippen LogP contribution in [-0.2, 0) is 7.05 Å². The normalized spacial score (nSPS) is 14.3. The highest BCUT2D eigenvalue weighted by atomic mass is 16.5. The molecular formula is C28H30N4O2. The lowest BCUT2D eigenvalue weighted by Crippen LogP contribution is -2.35. The van der Waals surface area contributed by atoms with E-state index in [0.29, 0.717) is 6.54 Å². The Labute approximate surface area is 200 Å². The van der Waals surface area contributed by atoms with E-state index in [0.717, 1.165) is 70.9 Å². The van der Waals surface area contributed by atoms with Crippen LogP contribution in [0.15, 0.2) is 66.9 Å². The first-order valence-corrected chi connectivity index (χ1v) is 11.8. The summed E-state index contributed by atoms with van der Waals surface area (Å²) >= 11 is 0. The fraction of sp³-hybridized carbons (Fsp3) is 0.286. The van der Waals surface area contributed by atoms with Gasteiger partial charge in [-0.2, -0.15) is 0 Å². The van der Waals surface area contributed by atoms with E-state index in [2.05, 4.69) is 39.6 Å². The second kappa shape index (κ2) is 9.21. The largest absolute Gasteiger partial charge is 0.497 e. The lowest BCUT2D eigenvalue weighted by molar-refractivity contribution is 0.0769. The molecule has 0 bridgehead atoms. The van der Waals surface area contributed by atoms with Gasteiger partial charge in [-0.25, -0.2) is 4.98 Å². The highest BCUT2D eigenvalue weighted by Crippen LogP contribution is 2.36. The molecule has 6 heteroatoms.